The van der Waals surface area contributed by atoms with Gasteiger partial charge in [0.05, 0.1) is 12.8 Å². The van der Waals surface area contributed by atoms with Gasteiger partial charge in [-0.3, -0.25) is 28.8 Å². The van der Waals surface area contributed by atoms with Crippen molar-refractivity contribution < 1.29 is 59.4 Å². The van der Waals surface area contributed by atoms with Gasteiger partial charge in [-0.05, 0) is 92.0 Å². The Bertz CT molecular complexity index is 2140. The largest absolute Gasteiger partial charge is 0.481 e. The number of H-pyrrole nitrogens is 2. The molecule has 56 heavy (non-hydrogen) atoms. The van der Waals surface area contributed by atoms with Crippen LogP contribution in [0.3, 0.4) is 0 Å². The molecule has 16 nitrogen and oxygen atoms in total. The molecule has 2 unspecified atom stereocenters. The van der Waals surface area contributed by atoms with E-state index in [-0.39, 0.29) is 57.8 Å². The summed E-state index contributed by atoms with van der Waals surface area (Å²) in [6, 6.07) is -1.32. The van der Waals surface area contributed by atoms with Crippen molar-refractivity contribution in [2.24, 2.45) is 22.7 Å². The highest BCUT2D eigenvalue weighted by Gasteiger charge is 2.53. The van der Waals surface area contributed by atoms with Crippen LogP contribution >= 0.6 is 0 Å². The zero-order valence-corrected chi connectivity index (χ0v) is 31.8. The maximum atomic E-state index is 12.5. The molecule has 302 valence electrons. The molecular formula is C40H50N4O12. The molecule has 0 saturated carbocycles. The molecule has 0 radical (unpaired) electrons. The van der Waals surface area contributed by atoms with Crippen LogP contribution < -0.4 is 21.3 Å². The Kier molecular flexibility index (Phi) is 12.0. The molecule has 10 N–H and O–H groups in total. The standard InChI is InChI=1S/C40H50N4O12/c1-19-21(5-9-33(45)46)27-14-28-22(6-10-34(47)48)20(2)26(42-28)15-31-40(4,18-38(55)56)24(8-12-36(51)52)30(44-31)16-32-39(3,17-37(53)54)23(7-11-35(49)50)29(43-32)13-25(19)41-27/h13-16,23-24,29,32,41-44H,5-12,17-18H2,1-4H3,(H,45,46)(H,47,48)(H,49,50)(H,51,52)(H,53,54)(H,55,56)/b25-13-,27-14-,30-16-,31-15-/t23-,24-,29?,32?,39-,40-/m0/s1. The lowest BCUT2D eigenvalue weighted by molar-refractivity contribution is -0.141. The first kappa shape index (κ1) is 41.5. The van der Waals surface area contributed by atoms with Crippen LogP contribution in [0.5, 0.6) is 0 Å². The fraction of sp³-hybridized carbons (Fsp3) is 0.500. The molecule has 6 atom stereocenters. The quantitative estimate of drug-likeness (QED) is 0.117. The van der Waals surface area contributed by atoms with Gasteiger partial charge < -0.3 is 51.2 Å². The van der Waals surface area contributed by atoms with Crippen molar-refractivity contribution in [1.29, 1.82) is 0 Å². The topological polar surface area (TPSA) is 279 Å². The van der Waals surface area contributed by atoms with Crippen molar-refractivity contribution in [1.82, 2.24) is 20.6 Å². The molecule has 0 aliphatic carbocycles. The summed E-state index contributed by atoms with van der Waals surface area (Å²) in [6.07, 6.45) is 6.00. The molecule has 2 aromatic rings. The first-order valence-corrected chi connectivity index (χ1v) is 18.6. The van der Waals surface area contributed by atoms with Gasteiger partial charge in [0, 0.05) is 88.0 Å². The summed E-state index contributed by atoms with van der Waals surface area (Å²) < 4.78 is 0. The molecule has 0 aromatic carbocycles. The maximum absolute atomic E-state index is 12.5. The normalized spacial score (nSPS) is 28.4. The van der Waals surface area contributed by atoms with E-state index in [0.29, 0.717) is 50.2 Å². The smallest absolute Gasteiger partial charge is 0.304 e. The van der Waals surface area contributed by atoms with Crippen LogP contribution in [-0.2, 0) is 41.6 Å². The first-order valence-electron chi connectivity index (χ1n) is 18.6. The average Bonchev–Trinajstić information content (AvgIpc) is 3.70. The third kappa shape index (κ3) is 8.59. The van der Waals surface area contributed by atoms with Gasteiger partial charge in [-0.15, -0.1) is 0 Å². The van der Waals surface area contributed by atoms with E-state index in [9.17, 15) is 59.4 Å². The number of aliphatic carboxylic acids is 6. The van der Waals surface area contributed by atoms with Crippen LogP contribution in [0.4, 0.5) is 0 Å². The lowest BCUT2D eigenvalue weighted by atomic mass is 9.67. The molecule has 3 aliphatic rings. The van der Waals surface area contributed by atoms with E-state index in [0.717, 1.165) is 5.56 Å². The molecule has 2 aromatic heterocycles. The van der Waals surface area contributed by atoms with Crippen molar-refractivity contribution in [3.8, 4) is 0 Å². The predicted octanol–water partition coefficient (Wildman–Crippen LogP) is 2.71. The minimum absolute atomic E-state index is 0.0471. The number of aromatic amines is 2. The Balaban J connectivity index is 1.89. The Morgan fingerprint density at radius 2 is 1.23 bits per heavy atom. The number of rotatable bonds is 16. The summed E-state index contributed by atoms with van der Waals surface area (Å²) in [7, 11) is 0. The van der Waals surface area contributed by atoms with E-state index >= 15 is 0 Å². The van der Waals surface area contributed by atoms with Gasteiger partial charge in [0.15, 0.2) is 0 Å². The third-order valence-corrected chi connectivity index (χ3v) is 12.1. The molecule has 5 heterocycles. The number of aromatic nitrogens is 2. The molecule has 3 aliphatic heterocycles. The Morgan fingerprint density at radius 3 is 1.82 bits per heavy atom. The summed E-state index contributed by atoms with van der Waals surface area (Å²) in [5.41, 5.74) is 2.59. The van der Waals surface area contributed by atoms with Gasteiger partial charge >= 0.3 is 35.8 Å². The van der Waals surface area contributed by atoms with Crippen molar-refractivity contribution in [2.75, 3.05) is 0 Å². The second-order valence-corrected chi connectivity index (χ2v) is 15.8. The number of carboxylic acid groups (broad SMARTS) is 6. The second kappa shape index (κ2) is 16.2. The number of hydrogen-bond donors (Lipinski definition) is 10. The first-order chi connectivity index (χ1) is 26.2. The third-order valence-electron chi connectivity index (χ3n) is 12.1. The minimum Gasteiger partial charge on any atom is -0.481 e. The molecule has 8 bridgehead atoms. The summed E-state index contributed by atoms with van der Waals surface area (Å²) in [5.74, 6) is -7.63. The summed E-state index contributed by atoms with van der Waals surface area (Å²) >= 11 is 0. The zero-order valence-electron chi connectivity index (χ0n) is 31.8. The molecular weight excluding hydrogens is 728 g/mol. The lowest BCUT2D eigenvalue weighted by Gasteiger charge is -2.35. The van der Waals surface area contributed by atoms with Gasteiger partial charge in [0.25, 0.3) is 0 Å². The van der Waals surface area contributed by atoms with E-state index < -0.39 is 77.0 Å². The van der Waals surface area contributed by atoms with Crippen LogP contribution in [0, 0.1) is 36.5 Å². The van der Waals surface area contributed by atoms with E-state index in [1.54, 1.807) is 32.1 Å². The number of carbonyl (C=O) groups is 6. The van der Waals surface area contributed by atoms with Gasteiger partial charge in [-0.2, -0.15) is 0 Å². The minimum atomic E-state index is -1.19. The summed E-state index contributed by atoms with van der Waals surface area (Å²) in [5, 5.41) is 67.4. The fourth-order valence-corrected chi connectivity index (χ4v) is 9.13. The van der Waals surface area contributed by atoms with Gasteiger partial charge in [0.2, 0.25) is 0 Å². The molecule has 5 rings (SSSR count). The Labute approximate surface area is 322 Å². The fourth-order valence-electron chi connectivity index (χ4n) is 9.13. The molecule has 0 spiro atoms. The van der Waals surface area contributed by atoms with Crippen LogP contribution in [0.2, 0.25) is 0 Å². The highest BCUT2D eigenvalue weighted by Crippen LogP contribution is 2.52. The molecule has 2 fully saturated rings. The summed E-state index contributed by atoms with van der Waals surface area (Å²) in [6.45, 7) is 7.17. The van der Waals surface area contributed by atoms with Crippen LogP contribution in [0.15, 0.2) is 17.5 Å². The number of allylic oxidation sites excluding steroid dienone is 2. The lowest BCUT2D eigenvalue weighted by Crippen LogP contribution is -2.38. The van der Waals surface area contributed by atoms with Gasteiger partial charge in [0.1, 0.15) is 0 Å². The van der Waals surface area contributed by atoms with E-state index in [4.69, 9.17) is 0 Å². The SMILES string of the molecule is Cc1c2[nH]c(c1CCC(=O)O)/C=c1\[nH]/c(c(C)c1CCC(=O)O)=C\C1NC(/C=C3\N/C(=C\2)[C@@](C)(CC(=O)O)[C@H]3CCC(=O)O)[C@@](C)(CC(=O)O)[C@H]1CCC(=O)O. The number of hydrogen-bond acceptors (Lipinski definition) is 8. The van der Waals surface area contributed by atoms with Crippen molar-refractivity contribution in [3.63, 3.8) is 0 Å². The van der Waals surface area contributed by atoms with Gasteiger partial charge in [-0.1, -0.05) is 13.8 Å². The van der Waals surface area contributed by atoms with Gasteiger partial charge in [-0.25, -0.2) is 0 Å². The van der Waals surface area contributed by atoms with Crippen molar-refractivity contribution in [3.05, 3.63) is 61.8 Å². The van der Waals surface area contributed by atoms with Crippen LogP contribution in [0.25, 0.3) is 18.2 Å². The zero-order chi connectivity index (χ0) is 41.3. The van der Waals surface area contributed by atoms with E-state index in [1.165, 1.54) is 0 Å². The molecule has 16 heteroatoms. The van der Waals surface area contributed by atoms with E-state index in [2.05, 4.69) is 20.6 Å². The Morgan fingerprint density at radius 1 is 0.643 bits per heavy atom. The van der Waals surface area contributed by atoms with Crippen LogP contribution in [-0.4, -0.2) is 88.5 Å². The second-order valence-electron chi connectivity index (χ2n) is 15.8. The monoisotopic (exact) mass is 778 g/mol. The number of carboxylic acids is 6. The number of fused-ring (bicyclic) bond motifs is 8. The summed E-state index contributed by atoms with van der Waals surface area (Å²) in [4.78, 5) is 79.3. The van der Waals surface area contributed by atoms with Crippen LogP contribution in [0.1, 0.15) is 98.9 Å². The maximum Gasteiger partial charge on any atom is 0.304 e. The predicted molar refractivity (Wildman–Crippen MR) is 202 cm³/mol. The Hall–Kier alpha value is -5.64. The molecule has 2 saturated heterocycles. The van der Waals surface area contributed by atoms with E-state index in [1.807, 2.05) is 19.9 Å². The van der Waals surface area contributed by atoms with Crippen molar-refractivity contribution >= 4 is 54.0 Å². The average molecular weight is 779 g/mol. The van der Waals surface area contributed by atoms with Crippen molar-refractivity contribution in [2.45, 2.75) is 104 Å². The number of nitrogens with one attached hydrogen (secondary N) is 4. The highest BCUT2D eigenvalue weighted by molar-refractivity contribution is 5.73. The highest BCUT2D eigenvalue weighted by atomic mass is 16.4. The molecule has 0 amide bonds.